The largest absolute Gasteiger partial charge is 0.304 e. The normalized spacial score (nSPS) is 18.8. The van der Waals surface area contributed by atoms with Gasteiger partial charge < -0.3 is 5.32 Å². The summed E-state index contributed by atoms with van der Waals surface area (Å²) in [6.07, 6.45) is 1.22. The Balaban J connectivity index is 2.04. The van der Waals surface area contributed by atoms with Gasteiger partial charge in [0.25, 0.3) is 0 Å². The van der Waals surface area contributed by atoms with Gasteiger partial charge in [-0.05, 0) is 25.9 Å². The van der Waals surface area contributed by atoms with E-state index >= 15 is 0 Å². The molecule has 1 aliphatic rings. The average Bonchev–Trinajstić information content (AvgIpc) is 2.10. The van der Waals surface area contributed by atoms with E-state index in [-0.39, 0.29) is 0 Å². The van der Waals surface area contributed by atoms with E-state index in [4.69, 9.17) is 0 Å². The van der Waals surface area contributed by atoms with Crippen LogP contribution in [-0.4, -0.2) is 55.7 Å². The molecule has 0 saturated carbocycles. The third kappa shape index (κ3) is 4.49. The van der Waals surface area contributed by atoms with Crippen LogP contribution in [0.25, 0.3) is 0 Å². The SMILES string of the molecule is CCCNCN(C)C1CN(CC(C)C)C1. The van der Waals surface area contributed by atoms with Crippen molar-refractivity contribution in [1.82, 2.24) is 15.1 Å². The topological polar surface area (TPSA) is 18.5 Å². The summed E-state index contributed by atoms with van der Waals surface area (Å²) in [5.74, 6) is 0.800. The van der Waals surface area contributed by atoms with Crippen LogP contribution in [0.5, 0.6) is 0 Å². The van der Waals surface area contributed by atoms with Crippen molar-refractivity contribution in [2.24, 2.45) is 5.92 Å². The Morgan fingerprint density at radius 2 is 2.07 bits per heavy atom. The van der Waals surface area contributed by atoms with Gasteiger partial charge in [0, 0.05) is 32.3 Å². The van der Waals surface area contributed by atoms with Crippen LogP contribution >= 0.6 is 0 Å². The zero-order valence-corrected chi connectivity index (χ0v) is 10.8. The molecule has 15 heavy (non-hydrogen) atoms. The average molecular weight is 213 g/mol. The molecule has 0 aliphatic carbocycles. The molecule has 0 aromatic heterocycles. The zero-order chi connectivity index (χ0) is 11.3. The molecule has 0 radical (unpaired) electrons. The van der Waals surface area contributed by atoms with E-state index in [2.05, 4.69) is 42.9 Å². The Morgan fingerprint density at radius 1 is 1.40 bits per heavy atom. The first-order valence-electron chi connectivity index (χ1n) is 6.26. The minimum Gasteiger partial charge on any atom is -0.304 e. The lowest BCUT2D eigenvalue weighted by molar-refractivity contribution is 0.0373. The molecule has 0 unspecified atom stereocenters. The van der Waals surface area contributed by atoms with Gasteiger partial charge in [-0.25, -0.2) is 0 Å². The Bertz CT molecular complexity index is 164. The smallest absolute Gasteiger partial charge is 0.0481 e. The minimum absolute atomic E-state index is 0.771. The molecule has 1 aliphatic heterocycles. The van der Waals surface area contributed by atoms with Crippen LogP contribution in [0.2, 0.25) is 0 Å². The van der Waals surface area contributed by atoms with Gasteiger partial charge in [-0.1, -0.05) is 20.8 Å². The monoisotopic (exact) mass is 213 g/mol. The van der Waals surface area contributed by atoms with E-state index in [0.717, 1.165) is 25.2 Å². The van der Waals surface area contributed by atoms with Crippen molar-refractivity contribution in [3.63, 3.8) is 0 Å². The van der Waals surface area contributed by atoms with Crippen molar-refractivity contribution < 1.29 is 0 Å². The van der Waals surface area contributed by atoms with Crippen LogP contribution in [0, 0.1) is 5.92 Å². The number of nitrogens with one attached hydrogen (secondary N) is 1. The van der Waals surface area contributed by atoms with E-state index in [9.17, 15) is 0 Å². The van der Waals surface area contributed by atoms with Gasteiger partial charge in [0.15, 0.2) is 0 Å². The number of hydrogen-bond donors (Lipinski definition) is 1. The maximum absolute atomic E-state index is 3.45. The van der Waals surface area contributed by atoms with Crippen molar-refractivity contribution in [3.05, 3.63) is 0 Å². The second-order valence-electron chi connectivity index (χ2n) is 5.18. The third-order valence-corrected chi connectivity index (χ3v) is 2.97. The van der Waals surface area contributed by atoms with Crippen LogP contribution in [0.1, 0.15) is 27.2 Å². The van der Waals surface area contributed by atoms with E-state index in [1.165, 1.54) is 26.1 Å². The first kappa shape index (κ1) is 12.9. The molecule has 1 N–H and O–H groups in total. The fraction of sp³-hybridized carbons (Fsp3) is 1.00. The first-order valence-corrected chi connectivity index (χ1v) is 6.26. The third-order valence-electron chi connectivity index (χ3n) is 2.97. The number of rotatable bonds is 7. The van der Waals surface area contributed by atoms with Crippen LogP contribution in [-0.2, 0) is 0 Å². The maximum atomic E-state index is 3.45. The number of hydrogen-bond acceptors (Lipinski definition) is 3. The van der Waals surface area contributed by atoms with Gasteiger partial charge in [-0.15, -0.1) is 0 Å². The molecule has 1 saturated heterocycles. The molecule has 0 aromatic carbocycles. The van der Waals surface area contributed by atoms with Gasteiger partial charge in [-0.2, -0.15) is 0 Å². The molecule has 0 amide bonds. The maximum Gasteiger partial charge on any atom is 0.0481 e. The van der Waals surface area contributed by atoms with Crippen molar-refractivity contribution >= 4 is 0 Å². The fourth-order valence-electron chi connectivity index (χ4n) is 2.05. The van der Waals surface area contributed by atoms with Crippen molar-refractivity contribution in [3.8, 4) is 0 Å². The molecule has 3 heteroatoms. The highest BCUT2D eigenvalue weighted by Gasteiger charge is 2.29. The predicted molar refractivity (Wildman–Crippen MR) is 66.0 cm³/mol. The van der Waals surface area contributed by atoms with E-state index in [0.29, 0.717) is 0 Å². The minimum atomic E-state index is 0.771. The molecule has 1 rings (SSSR count). The second-order valence-corrected chi connectivity index (χ2v) is 5.18. The van der Waals surface area contributed by atoms with Crippen LogP contribution in [0.4, 0.5) is 0 Å². The summed E-state index contributed by atoms with van der Waals surface area (Å²) in [4.78, 5) is 4.98. The van der Waals surface area contributed by atoms with E-state index in [1.807, 2.05) is 0 Å². The van der Waals surface area contributed by atoms with Crippen molar-refractivity contribution in [2.75, 3.05) is 39.9 Å². The van der Waals surface area contributed by atoms with Gasteiger partial charge in [0.2, 0.25) is 0 Å². The van der Waals surface area contributed by atoms with Crippen LogP contribution < -0.4 is 5.32 Å². The quantitative estimate of drug-likeness (QED) is 0.507. The Kier molecular flexibility index (Phi) is 5.58. The lowest BCUT2D eigenvalue weighted by atomic mass is 10.1. The highest BCUT2D eigenvalue weighted by atomic mass is 15.3. The van der Waals surface area contributed by atoms with E-state index in [1.54, 1.807) is 0 Å². The summed E-state index contributed by atoms with van der Waals surface area (Å²) in [6, 6.07) is 0.771. The lowest BCUT2D eigenvalue weighted by Crippen LogP contribution is -2.60. The lowest BCUT2D eigenvalue weighted by Gasteiger charge is -2.44. The molecular weight excluding hydrogens is 186 g/mol. The molecule has 0 atom stereocenters. The summed E-state index contributed by atoms with van der Waals surface area (Å²) in [5.41, 5.74) is 0. The van der Waals surface area contributed by atoms with Gasteiger partial charge in [0.1, 0.15) is 0 Å². The number of likely N-dealkylation sites (tertiary alicyclic amines) is 1. The van der Waals surface area contributed by atoms with Gasteiger partial charge >= 0.3 is 0 Å². The molecular formula is C12H27N3. The molecule has 0 spiro atoms. The Hall–Kier alpha value is -0.120. The number of nitrogens with zero attached hydrogens (tertiary/aromatic N) is 2. The summed E-state index contributed by atoms with van der Waals surface area (Å²) >= 11 is 0. The Morgan fingerprint density at radius 3 is 2.60 bits per heavy atom. The second kappa shape index (κ2) is 6.46. The first-order chi connectivity index (χ1) is 7.13. The van der Waals surface area contributed by atoms with Crippen LogP contribution in [0.3, 0.4) is 0 Å². The highest BCUT2D eigenvalue weighted by Crippen LogP contribution is 2.14. The number of likely N-dealkylation sites (N-methyl/N-ethyl adjacent to an activating group) is 1. The van der Waals surface area contributed by atoms with E-state index < -0.39 is 0 Å². The summed E-state index contributed by atoms with van der Waals surface area (Å²) in [6.45, 7) is 12.7. The van der Waals surface area contributed by atoms with Crippen LogP contribution in [0.15, 0.2) is 0 Å². The molecule has 0 aromatic rings. The van der Waals surface area contributed by atoms with Gasteiger partial charge in [-0.3, -0.25) is 9.80 Å². The zero-order valence-electron chi connectivity index (χ0n) is 10.8. The standard InChI is InChI=1S/C12H27N3/c1-5-6-13-10-14(4)12-8-15(9-12)7-11(2)3/h11-13H,5-10H2,1-4H3. The predicted octanol–water partition coefficient (Wildman–Crippen LogP) is 1.22. The summed E-state index contributed by atoms with van der Waals surface area (Å²) in [7, 11) is 2.22. The molecule has 90 valence electrons. The molecule has 1 fully saturated rings. The highest BCUT2D eigenvalue weighted by molar-refractivity contribution is 4.86. The van der Waals surface area contributed by atoms with Gasteiger partial charge in [0.05, 0.1) is 0 Å². The molecule has 1 heterocycles. The fourth-order valence-corrected chi connectivity index (χ4v) is 2.05. The summed E-state index contributed by atoms with van der Waals surface area (Å²) < 4.78 is 0. The summed E-state index contributed by atoms with van der Waals surface area (Å²) in [5, 5.41) is 3.45. The Labute approximate surface area is 94.8 Å². The molecule has 0 bridgehead atoms. The van der Waals surface area contributed by atoms with Crippen molar-refractivity contribution in [1.29, 1.82) is 0 Å². The van der Waals surface area contributed by atoms with Crippen molar-refractivity contribution in [2.45, 2.75) is 33.2 Å². The molecule has 3 nitrogen and oxygen atoms in total.